The monoisotopic (exact) mass is 264 g/mol. The molecule has 2 aromatic heterocycles. The number of hydrogen-bond acceptors (Lipinski definition) is 5. The first-order valence-corrected chi connectivity index (χ1v) is 7.15. The fourth-order valence-electron chi connectivity index (χ4n) is 1.62. The highest BCUT2D eigenvalue weighted by molar-refractivity contribution is 7.16. The summed E-state index contributed by atoms with van der Waals surface area (Å²) < 4.78 is 0. The molecule has 5 heteroatoms. The molecule has 2 heterocycles. The van der Waals surface area contributed by atoms with E-state index in [0.29, 0.717) is 5.95 Å². The average molecular weight is 264 g/mol. The summed E-state index contributed by atoms with van der Waals surface area (Å²) in [4.78, 5) is 10.1. The molecule has 18 heavy (non-hydrogen) atoms. The van der Waals surface area contributed by atoms with Gasteiger partial charge in [-0.25, -0.2) is 4.98 Å². The van der Waals surface area contributed by atoms with Gasteiger partial charge in [0, 0.05) is 12.1 Å². The first-order chi connectivity index (χ1) is 8.49. The summed E-state index contributed by atoms with van der Waals surface area (Å²) in [5.41, 5.74) is -0.00868. The summed E-state index contributed by atoms with van der Waals surface area (Å²) in [6, 6.07) is 2.07. The van der Waals surface area contributed by atoms with Crippen molar-refractivity contribution >= 4 is 33.3 Å². The van der Waals surface area contributed by atoms with Crippen LogP contribution in [0, 0.1) is 0 Å². The lowest BCUT2D eigenvalue weighted by Gasteiger charge is -2.22. The van der Waals surface area contributed by atoms with E-state index in [2.05, 4.69) is 59.7 Å². The van der Waals surface area contributed by atoms with Crippen LogP contribution >= 0.6 is 11.3 Å². The molecule has 0 amide bonds. The van der Waals surface area contributed by atoms with Crippen LogP contribution in [0.4, 0.5) is 11.8 Å². The van der Waals surface area contributed by atoms with Gasteiger partial charge < -0.3 is 10.6 Å². The highest BCUT2D eigenvalue weighted by Gasteiger charge is 2.15. The van der Waals surface area contributed by atoms with E-state index in [4.69, 9.17) is 0 Å². The lowest BCUT2D eigenvalue weighted by atomic mass is 10.1. The standard InChI is InChI=1S/C13H20N4S/c1-5-7-14-12-15-10(17-13(2,3)4)9-6-8-18-11(9)16-12/h6,8H,5,7H2,1-4H3,(H2,14,15,16,17). The van der Waals surface area contributed by atoms with Crippen molar-refractivity contribution < 1.29 is 0 Å². The summed E-state index contributed by atoms with van der Waals surface area (Å²) in [6.07, 6.45) is 1.06. The normalized spacial score (nSPS) is 11.8. The molecule has 0 unspecified atom stereocenters. The summed E-state index contributed by atoms with van der Waals surface area (Å²) in [7, 11) is 0. The predicted octanol–water partition coefficient (Wildman–Crippen LogP) is 3.72. The van der Waals surface area contributed by atoms with Crippen molar-refractivity contribution in [2.45, 2.75) is 39.7 Å². The third-order valence-corrected chi connectivity index (χ3v) is 3.16. The number of thiophene rings is 1. The Kier molecular flexibility index (Phi) is 3.71. The molecule has 0 radical (unpaired) electrons. The third kappa shape index (κ3) is 3.10. The Hall–Kier alpha value is -1.36. The second-order valence-electron chi connectivity index (χ2n) is 5.34. The van der Waals surface area contributed by atoms with Crippen molar-refractivity contribution in [2.75, 3.05) is 17.2 Å². The Labute approximate surface area is 112 Å². The maximum absolute atomic E-state index is 4.57. The zero-order valence-electron chi connectivity index (χ0n) is 11.4. The largest absolute Gasteiger partial charge is 0.365 e. The van der Waals surface area contributed by atoms with Crippen LogP contribution in [0.5, 0.6) is 0 Å². The fraction of sp³-hybridized carbons (Fsp3) is 0.538. The van der Waals surface area contributed by atoms with E-state index in [9.17, 15) is 0 Å². The molecule has 2 rings (SSSR count). The first kappa shape index (κ1) is 13.1. The number of aromatic nitrogens is 2. The lowest BCUT2D eigenvalue weighted by Crippen LogP contribution is -2.27. The quantitative estimate of drug-likeness (QED) is 0.883. The van der Waals surface area contributed by atoms with Gasteiger partial charge in [-0.15, -0.1) is 11.3 Å². The molecule has 2 N–H and O–H groups in total. The first-order valence-electron chi connectivity index (χ1n) is 6.27. The van der Waals surface area contributed by atoms with Gasteiger partial charge in [-0.2, -0.15) is 4.98 Å². The van der Waals surface area contributed by atoms with E-state index < -0.39 is 0 Å². The van der Waals surface area contributed by atoms with Gasteiger partial charge in [-0.3, -0.25) is 0 Å². The number of rotatable bonds is 4. The number of fused-ring (bicyclic) bond motifs is 1. The Balaban J connectivity index is 2.38. The Morgan fingerprint density at radius 1 is 1.28 bits per heavy atom. The van der Waals surface area contributed by atoms with Crippen LogP contribution in [-0.4, -0.2) is 22.1 Å². The zero-order chi connectivity index (χ0) is 13.2. The van der Waals surface area contributed by atoms with Gasteiger partial charge in [-0.1, -0.05) is 6.92 Å². The van der Waals surface area contributed by atoms with Crippen molar-refractivity contribution in [1.82, 2.24) is 9.97 Å². The predicted molar refractivity (Wildman–Crippen MR) is 79.6 cm³/mol. The van der Waals surface area contributed by atoms with Gasteiger partial charge in [0.2, 0.25) is 5.95 Å². The fourth-order valence-corrected chi connectivity index (χ4v) is 2.39. The highest BCUT2D eigenvalue weighted by Crippen LogP contribution is 2.28. The van der Waals surface area contributed by atoms with Gasteiger partial charge in [0.15, 0.2) is 0 Å². The van der Waals surface area contributed by atoms with Crippen LogP contribution in [-0.2, 0) is 0 Å². The van der Waals surface area contributed by atoms with Crippen LogP contribution in [0.3, 0.4) is 0 Å². The molecular formula is C13H20N4S. The van der Waals surface area contributed by atoms with Gasteiger partial charge >= 0.3 is 0 Å². The van der Waals surface area contributed by atoms with E-state index in [-0.39, 0.29) is 5.54 Å². The van der Waals surface area contributed by atoms with E-state index in [1.807, 2.05) is 0 Å². The van der Waals surface area contributed by atoms with Crippen LogP contribution in [0.15, 0.2) is 11.4 Å². The van der Waals surface area contributed by atoms with Gasteiger partial charge in [0.25, 0.3) is 0 Å². The maximum atomic E-state index is 4.57. The summed E-state index contributed by atoms with van der Waals surface area (Å²) in [6.45, 7) is 9.42. The average Bonchev–Trinajstić information content (AvgIpc) is 2.72. The minimum Gasteiger partial charge on any atom is -0.365 e. The Morgan fingerprint density at radius 3 is 2.72 bits per heavy atom. The maximum Gasteiger partial charge on any atom is 0.226 e. The SMILES string of the molecule is CCCNc1nc(NC(C)(C)C)c2ccsc2n1. The smallest absolute Gasteiger partial charge is 0.226 e. The molecule has 0 atom stereocenters. The van der Waals surface area contributed by atoms with Crippen molar-refractivity contribution in [3.8, 4) is 0 Å². The molecule has 0 aromatic carbocycles. The summed E-state index contributed by atoms with van der Waals surface area (Å²) in [5, 5.41) is 9.84. The third-order valence-electron chi connectivity index (χ3n) is 2.35. The molecule has 0 aliphatic carbocycles. The van der Waals surface area contributed by atoms with Crippen LogP contribution in [0.1, 0.15) is 34.1 Å². The summed E-state index contributed by atoms with van der Waals surface area (Å²) >= 11 is 1.64. The van der Waals surface area contributed by atoms with E-state index in [0.717, 1.165) is 29.0 Å². The lowest BCUT2D eigenvalue weighted by molar-refractivity contribution is 0.631. The molecule has 0 aliphatic heterocycles. The molecule has 4 nitrogen and oxygen atoms in total. The molecule has 0 saturated carbocycles. The molecule has 98 valence electrons. The minimum atomic E-state index is -0.00868. The molecule has 0 spiro atoms. The van der Waals surface area contributed by atoms with Crippen LogP contribution in [0.2, 0.25) is 0 Å². The number of nitrogens with one attached hydrogen (secondary N) is 2. The van der Waals surface area contributed by atoms with Crippen molar-refractivity contribution in [3.05, 3.63) is 11.4 Å². The second kappa shape index (κ2) is 5.10. The van der Waals surface area contributed by atoms with Crippen molar-refractivity contribution in [3.63, 3.8) is 0 Å². The van der Waals surface area contributed by atoms with Gasteiger partial charge in [0.1, 0.15) is 10.6 Å². The molecule has 0 bridgehead atoms. The minimum absolute atomic E-state index is 0.00868. The molecule has 0 saturated heterocycles. The van der Waals surface area contributed by atoms with E-state index >= 15 is 0 Å². The van der Waals surface area contributed by atoms with E-state index in [1.165, 1.54) is 0 Å². The molecule has 2 aromatic rings. The number of anilines is 2. The van der Waals surface area contributed by atoms with Crippen molar-refractivity contribution in [1.29, 1.82) is 0 Å². The Morgan fingerprint density at radius 2 is 2.06 bits per heavy atom. The second-order valence-corrected chi connectivity index (χ2v) is 6.23. The molecular weight excluding hydrogens is 244 g/mol. The van der Waals surface area contributed by atoms with Gasteiger partial charge in [0.05, 0.1) is 5.39 Å². The molecule has 0 fully saturated rings. The zero-order valence-corrected chi connectivity index (χ0v) is 12.2. The highest BCUT2D eigenvalue weighted by atomic mass is 32.1. The molecule has 0 aliphatic rings. The Bertz CT molecular complexity index is 527. The topological polar surface area (TPSA) is 49.8 Å². The van der Waals surface area contributed by atoms with Crippen LogP contribution < -0.4 is 10.6 Å². The summed E-state index contributed by atoms with van der Waals surface area (Å²) in [5.74, 6) is 1.62. The number of nitrogens with zero attached hydrogens (tertiary/aromatic N) is 2. The van der Waals surface area contributed by atoms with Crippen molar-refractivity contribution in [2.24, 2.45) is 0 Å². The van der Waals surface area contributed by atoms with Crippen LogP contribution in [0.25, 0.3) is 10.2 Å². The van der Waals surface area contributed by atoms with Gasteiger partial charge in [-0.05, 0) is 38.6 Å². The van der Waals surface area contributed by atoms with E-state index in [1.54, 1.807) is 11.3 Å². The number of hydrogen-bond donors (Lipinski definition) is 2.